The summed E-state index contributed by atoms with van der Waals surface area (Å²) in [5.41, 5.74) is -0.0647. The van der Waals surface area contributed by atoms with Gasteiger partial charge in [0.05, 0.1) is 6.54 Å². The normalized spacial score (nSPS) is 15.8. The molecule has 2 aromatic rings. The molecule has 2 N–H and O–H groups in total. The molecule has 1 heterocycles. The Balaban J connectivity index is 0.00000261. The van der Waals surface area contributed by atoms with Crippen LogP contribution >= 0.6 is 35.3 Å². The molecule has 10 heteroatoms. The first-order valence-corrected chi connectivity index (χ1v) is 8.92. The highest BCUT2D eigenvalue weighted by atomic mass is 127. The molecule has 148 valence electrons. The fraction of sp³-hybridized carbons (Fsp3) is 0.412. The number of thiazole rings is 1. The standard InChI is InChI=1S/C17H18F4N4S.HI/c1-22-15(23-8-14-25-13(9-26-14)17(19,20)21)24-10-16(5-6-16)11-3-2-4-12(18)7-11;/h2-4,7,9H,5-6,8,10H2,1H3,(H2,22,23,24);1H. The van der Waals surface area contributed by atoms with E-state index >= 15 is 0 Å². The summed E-state index contributed by atoms with van der Waals surface area (Å²) >= 11 is 0.945. The van der Waals surface area contributed by atoms with Crippen molar-refractivity contribution in [3.05, 3.63) is 51.7 Å². The molecule has 0 radical (unpaired) electrons. The van der Waals surface area contributed by atoms with Crippen LogP contribution in [-0.2, 0) is 18.1 Å². The second kappa shape index (κ2) is 8.72. The number of nitrogens with zero attached hydrogens (tertiary/aromatic N) is 2. The zero-order chi connectivity index (χ0) is 18.8. The van der Waals surface area contributed by atoms with Crippen LogP contribution in [0.3, 0.4) is 0 Å². The maximum absolute atomic E-state index is 13.4. The van der Waals surface area contributed by atoms with Crippen LogP contribution in [0.5, 0.6) is 0 Å². The third-order valence-corrected chi connectivity index (χ3v) is 5.21. The van der Waals surface area contributed by atoms with Gasteiger partial charge in [-0.05, 0) is 30.5 Å². The molecular weight excluding hydrogens is 495 g/mol. The van der Waals surface area contributed by atoms with Crippen LogP contribution in [0.15, 0.2) is 34.6 Å². The smallest absolute Gasteiger partial charge is 0.356 e. The lowest BCUT2D eigenvalue weighted by molar-refractivity contribution is -0.140. The van der Waals surface area contributed by atoms with Gasteiger partial charge >= 0.3 is 6.18 Å². The quantitative estimate of drug-likeness (QED) is 0.271. The van der Waals surface area contributed by atoms with Crippen molar-refractivity contribution in [1.29, 1.82) is 0 Å². The topological polar surface area (TPSA) is 49.3 Å². The van der Waals surface area contributed by atoms with E-state index in [9.17, 15) is 17.6 Å². The minimum absolute atomic E-state index is 0. The van der Waals surface area contributed by atoms with Crippen LogP contribution in [0, 0.1) is 5.82 Å². The molecule has 27 heavy (non-hydrogen) atoms. The Kier molecular flexibility index (Phi) is 7.06. The van der Waals surface area contributed by atoms with Crippen molar-refractivity contribution in [3.63, 3.8) is 0 Å². The highest BCUT2D eigenvalue weighted by Gasteiger charge is 2.44. The molecule has 0 atom stereocenters. The fourth-order valence-corrected chi connectivity index (χ4v) is 3.43. The lowest BCUT2D eigenvalue weighted by atomic mass is 9.96. The molecule has 0 saturated heterocycles. The van der Waals surface area contributed by atoms with Gasteiger partial charge in [0, 0.05) is 24.4 Å². The van der Waals surface area contributed by atoms with Crippen molar-refractivity contribution in [2.75, 3.05) is 13.6 Å². The first-order valence-electron chi connectivity index (χ1n) is 8.05. The predicted molar refractivity (Wildman–Crippen MR) is 108 cm³/mol. The number of hydrogen-bond acceptors (Lipinski definition) is 3. The van der Waals surface area contributed by atoms with Gasteiger partial charge in [-0.2, -0.15) is 13.2 Å². The summed E-state index contributed by atoms with van der Waals surface area (Å²) in [6, 6.07) is 6.55. The second-order valence-electron chi connectivity index (χ2n) is 6.19. The SMILES string of the molecule is CN=C(NCc1nc(C(F)(F)F)cs1)NCC1(c2cccc(F)c2)CC1.I. The average Bonchev–Trinajstić information content (AvgIpc) is 3.22. The summed E-state index contributed by atoms with van der Waals surface area (Å²) in [4.78, 5) is 7.65. The van der Waals surface area contributed by atoms with Gasteiger partial charge in [-0.3, -0.25) is 4.99 Å². The third kappa shape index (κ3) is 5.53. The lowest BCUT2D eigenvalue weighted by Gasteiger charge is -2.19. The van der Waals surface area contributed by atoms with Gasteiger partial charge in [0.2, 0.25) is 0 Å². The van der Waals surface area contributed by atoms with Crippen molar-refractivity contribution in [3.8, 4) is 0 Å². The Morgan fingerprint density at radius 2 is 2.04 bits per heavy atom. The lowest BCUT2D eigenvalue weighted by Crippen LogP contribution is -2.40. The Morgan fingerprint density at radius 1 is 1.30 bits per heavy atom. The van der Waals surface area contributed by atoms with Crippen LogP contribution in [0.25, 0.3) is 0 Å². The molecule has 0 amide bonds. The number of hydrogen-bond donors (Lipinski definition) is 2. The minimum atomic E-state index is -4.43. The van der Waals surface area contributed by atoms with Gasteiger partial charge in [0.15, 0.2) is 11.7 Å². The Bertz CT molecular complexity index is 802. The van der Waals surface area contributed by atoms with E-state index in [2.05, 4.69) is 20.6 Å². The summed E-state index contributed by atoms with van der Waals surface area (Å²) in [6.07, 6.45) is -2.54. The van der Waals surface area contributed by atoms with Crippen molar-refractivity contribution in [2.45, 2.75) is 31.0 Å². The summed E-state index contributed by atoms with van der Waals surface area (Å²) < 4.78 is 51.2. The first-order chi connectivity index (χ1) is 12.3. The van der Waals surface area contributed by atoms with Gasteiger partial charge in [0.1, 0.15) is 10.8 Å². The molecule has 1 saturated carbocycles. The molecule has 1 fully saturated rings. The molecule has 1 aliphatic rings. The number of guanidine groups is 1. The maximum atomic E-state index is 13.4. The van der Waals surface area contributed by atoms with Crippen molar-refractivity contribution in [2.24, 2.45) is 4.99 Å². The molecule has 1 aromatic carbocycles. The molecular formula is C17H19F4IN4S. The fourth-order valence-electron chi connectivity index (χ4n) is 2.69. The van der Waals surface area contributed by atoms with Gasteiger partial charge in [-0.1, -0.05) is 12.1 Å². The Morgan fingerprint density at radius 3 is 2.59 bits per heavy atom. The zero-order valence-electron chi connectivity index (χ0n) is 14.4. The van der Waals surface area contributed by atoms with Crippen LogP contribution in [0.2, 0.25) is 0 Å². The van der Waals surface area contributed by atoms with E-state index in [4.69, 9.17) is 0 Å². The number of benzene rings is 1. The van der Waals surface area contributed by atoms with Gasteiger partial charge in [0.25, 0.3) is 0 Å². The van der Waals surface area contributed by atoms with Crippen LogP contribution in [0.1, 0.15) is 29.1 Å². The molecule has 3 rings (SSSR count). The van der Waals surface area contributed by atoms with E-state index in [1.807, 2.05) is 6.07 Å². The van der Waals surface area contributed by atoms with E-state index in [0.29, 0.717) is 17.5 Å². The summed E-state index contributed by atoms with van der Waals surface area (Å²) in [6.45, 7) is 0.717. The van der Waals surface area contributed by atoms with Crippen LogP contribution < -0.4 is 10.6 Å². The van der Waals surface area contributed by atoms with Gasteiger partial charge < -0.3 is 10.6 Å². The van der Waals surface area contributed by atoms with E-state index in [1.54, 1.807) is 19.2 Å². The predicted octanol–water partition coefficient (Wildman–Crippen LogP) is 4.32. The summed E-state index contributed by atoms with van der Waals surface area (Å²) in [5, 5.41) is 7.45. The number of halogens is 5. The van der Waals surface area contributed by atoms with Crippen molar-refractivity contribution >= 4 is 41.3 Å². The summed E-state index contributed by atoms with van der Waals surface area (Å²) in [7, 11) is 1.58. The first kappa shape index (κ1) is 21.9. The zero-order valence-corrected chi connectivity index (χ0v) is 17.6. The van der Waals surface area contributed by atoms with Gasteiger partial charge in [-0.15, -0.1) is 35.3 Å². The number of alkyl halides is 3. The highest BCUT2D eigenvalue weighted by molar-refractivity contribution is 14.0. The third-order valence-electron chi connectivity index (χ3n) is 4.36. The molecule has 0 aliphatic heterocycles. The van der Waals surface area contributed by atoms with Crippen LogP contribution in [-0.4, -0.2) is 24.5 Å². The second-order valence-corrected chi connectivity index (χ2v) is 7.14. The van der Waals surface area contributed by atoms with E-state index in [0.717, 1.165) is 35.1 Å². The van der Waals surface area contributed by atoms with E-state index < -0.39 is 11.9 Å². The maximum Gasteiger partial charge on any atom is 0.434 e. The Labute approximate surface area is 175 Å². The largest absolute Gasteiger partial charge is 0.434 e. The van der Waals surface area contributed by atoms with E-state index in [-0.39, 0.29) is 41.8 Å². The minimum Gasteiger partial charge on any atom is -0.356 e. The number of nitrogens with one attached hydrogen (secondary N) is 2. The highest BCUT2D eigenvalue weighted by Crippen LogP contribution is 2.47. The monoisotopic (exact) mass is 514 g/mol. The summed E-state index contributed by atoms with van der Waals surface area (Å²) in [5.74, 6) is 0.206. The molecule has 1 aliphatic carbocycles. The Hall–Kier alpha value is -1.43. The number of aliphatic imine (C=N–C) groups is 1. The van der Waals surface area contributed by atoms with E-state index in [1.165, 1.54) is 6.07 Å². The molecule has 0 unspecified atom stereocenters. The van der Waals surface area contributed by atoms with Crippen molar-refractivity contribution < 1.29 is 17.6 Å². The number of aromatic nitrogens is 1. The van der Waals surface area contributed by atoms with Crippen molar-refractivity contribution in [1.82, 2.24) is 15.6 Å². The number of rotatable bonds is 5. The molecule has 0 spiro atoms. The average molecular weight is 514 g/mol. The van der Waals surface area contributed by atoms with Crippen LogP contribution in [0.4, 0.5) is 17.6 Å². The van der Waals surface area contributed by atoms with Gasteiger partial charge in [-0.25, -0.2) is 9.37 Å². The molecule has 0 bridgehead atoms. The molecule has 1 aromatic heterocycles. The molecule has 4 nitrogen and oxygen atoms in total.